The zero-order chi connectivity index (χ0) is 23.6. The van der Waals surface area contributed by atoms with Gasteiger partial charge in [0, 0.05) is 21.5 Å². The molecule has 2 fully saturated rings. The van der Waals surface area contributed by atoms with E-state index in [1.165, 1.54) is 12.8 Å². The van der Waals surface area contributed by atoms with Crippen LogP contribution in [0.25, 0.3) is 0 Å². The molecule has 176 valence electrons. The third-order valence-electron chi connectivity index (χ3n) is 6.72. The summed E-state index contributed by atoms with van der Waals surface area (Å²) in [6.45, 7) is 4.87. The Labute approximate surface area is 212 Å². The molecule has 1 N–H and O–H groups in total. The van der Waals surface area contributed by atoms with Gasteiger partial charge in [-0.3, -0.25) is 4.79 Å². The number of carbonyl (C=O) groups is 1. The number of rotatable bonds is 8. The van der Waals surface area contributed by atoms with Crippen molar-refractivity contribution in [3.05, 3.63) is 56.0 Å². The fourth-order valence-electron chi connectivity index (χ4n) is 4.94. The van der Waals surface area contributed by atoms with Gasteiger partial charge in [0.1, 0.15) is 6.61 Å². The number of nitrogens with zero attached hydrogens (tertiary/aromatic N) is 1. The molecule has 2 aromatic carbocycles. The van der Waals surface area contributed by atoms with Crippen LogP contribution in [-0.4, -0.2) is 18.7 Å². The number of hydrogen-bond acceptors (Lipinski definition) is 4. The molecule has 4 rings (SSSR count). The zero-order valence-corrected chi connectivity index (χ0v) is 21.8. The maximum Gasteiger partial charge on any atom is 0.244 e. The summed E-state index contributed by atoms with van der Waals surface area (Å²) < 4.78 is 12.5. The fraction of sp³-hybridized carbons (Fsp3) is 0.440. The molecule has 2 saturated carbocycles. The predicted molar refractivity (Wildman–Crippen MR) is 135 cm³/mol. The largest absolute Gasteiger partial charge is 0.490 e. The molecule has 2 aliphatic rings. The van der Waals surface area contributed by atoms with E-state index in [1.807, 2.05) is 25.1 Å². The number of carbonyl (C=O) groups excluding carboxylic acids is 1. The van der Waals surface area contributed by atoms with Gasteiger partial charge in [-0.1, -0.05) is 49.0 Å². The van der Waals surface area contributed by atoms with Crippen LogP contribution in [0.2, 0.25) is 10.0 Å². The van der Waals surface area contributed by atoms with Gasteiger partial charge < -0.3 is 9.47 Å². The highest BCUT2D eigenvalue weighted by Gasteiger charge is 2.64. The van der Waals surface area contributed by atoms with Crippen molar-refractivity contribution in [2.45, 2.75) is 46.1 Å². The minimum atomic E-state index is 0.0181. The monoisotopic (exact) mass is 552 g/mol. The van der Waals surface area contributed by atoms with Gasteiger partial charge in [0.25, 0.3) is 0 Å². The Kier molecular flexibility index (Phi) is 7.56. The summed E-state index contributed by atoms with van der Waals surface area (Å²) in [5, 5.41) is 5.32. The normalized spacial score (nSPS) is 23.8. The maximum atomic E-state index is 12.6. The minimum Gasteiger partial charge on any atom is -0.490 e. The van der Waals surface area contributed by atoms with E-state index in [0.717, 1.165) is 24.0 Å². The minimum absolute atomic E-state index is 0.0181. The van der Waals surface area contributed by atoms with Crippen molar-refractivity contribution in [3.8, 4) is 11.5 Å². The van der Waals surface area contributed by atoms with Crippen LogP contribution in [0.3, 0.4) is 0 Å². The first-order valence-corrected chi connectivity index (χ1v) is 12.7. The number of fused-ring (bicyclic) bond motifs is 1. The fourth-order valence-corrected chi connectivity index (χ4v) is 5.98. The van der Waals surface area contributed by atoms with Gasteiger partial charge in [-0.15, -0.1) is 0 Å². The molecule has 33 heavy (non-hydrogen) atoms. The molecule has 3 atom stereocenters. The lowest BCUT2D eigenvalue weighted by molar-refractivity contribution is -0.123. The van der Waals surface area contributed by atoms with Crippen molar-refractivity contribution in [3.63, 3.8) is 0 Å². The predicted octanol–water partition coefficient (Wildman–Crippen LogP) is 7.01. The van der Waals surface area contributed by atoms with Crippen LogP contribution in [0.5, 0.6) is 11.5 Å². The van der Waals surface area contributed by atoms with Gasteiger partial charge >= 0.3 is 0 Å². The van der Waals surface area contributed by atoms with Gasteiger partial charge in [0.05, 0.1) is 17.3 Å². The molecule has 0 saturated heterocycles. The second kappa shape index (κ2) is 10.2. The molecule has 5 nitrogen and oxygen atoms in total. The van der Waals surface area contributed by atoms with E-state index >= 15 is 0 Å². The molecule has 0 radical (unpaired) electrons. The van der Waals surface area contributed by atoms with E-state index in [0.29, 0.717) is 38.5 Å². The summed E-state index contributed by atoms with van der Waals surface area (Å²) in [7, 11) is 0. The maximum absolute atomic E-state index is 12.6. The summed E-state index contributed by atoms with van der Waals surface area (Å²) in [4.78, 5) is 12.6. The molecule has 0 heterocycles. The van der Waals surface area contributed by atoms with E-state index in [1.54, 1.807) is 18.3 Å². The van der Waals surface area contributed by atoms with Gasteiger partial charge in [0.2, 0.25) is 5.91 Å². The first-order chi connectivity index (χ1) is 15.8. The topological polar surface area (TPSA) is 59.9 Å². The molecular weight excluding hydrogens is 527 g/mol. The van der Waals surface area contributed by atoms with E-state index < -0.39 is 0 Å². The lowest BCUT2D eigenvalue weighted by Crippen LogP contribution is -2.22. The second-order valence-electron chi connectivity index (χ2n) is 8.86. The van der Waals surface area contributed by atoms with Crippen molar-refractivity contribution in [2.75, 3.05) is 6.61 Å². The number of nitrogens with one attached hydrogen (secondary N) is 1. The third kappa shape index (κ3) is 5.33. The van der Waals surface area contributed by atoms with E-state index in [-0.39, 0.29) is 23.8 Å². The average Bonchev–Trinajstić information content (AvgIpc) is 3.40. The molecular formula is C25H27BrCl2N2O3. The SMILES string of the molecule is CCOc1cc(/C=N/NC(=O)[C@@H]2[C@@H]3CCCC[C@@]23C)cc(Br)c1OCc1ccc(Cl)cc1Cl. The Morgan fingerprint density at radius 2 is 2.09 bits per heavy atom. The summed E-state index contributed by atoms with van der Waals surface area (Å²) in [5.74, 6) is 1.75. The molecule has 0 bridgehead atoms. The van der Waals surface area contributed by atoms with Gasteiger partial charge in [-0.25, -0.2) is 5.43 Å². The van der Waals surface area contributed by atoms with Crippen molar-refractivity contribution < 1.29 is 14.3 Å². The third-order valence-corrected chi connectivity index (χ3v) is 7.90. The lowest BCUT2D eigenvalue weighted by atomic mass is 9.90. The Morgan fingerprint density at radius 1 is 1.27 bits per heavy atom. The van der Waals surface area contributed by atoms with Crippen LogP contribution in [0, 0.1) is 17.3 Å². The van der Waals surface area contributed by atoms with Crippen LogP contribution in [0.15, 0.2) is 39.9 Å². The van der Waals surface area contributed by atoms with Crippen LogP contribution in [0.4, 0.5) is 0 Å². The average molecular weight is 554 g/mol. The number of amides is 1. The van der Waals surface area contributed by atoms with Crippen LogP contribution in [-0.2, 0) is 11.4 Å². The molecule has 2 aromatic rings. The van der Waals surface area contributed by atoms with Crippen molar-refractivity contribution in [2.24, 2.45) is 22.4 Å². The highest BCUT2D eigenvalue weighted by molar-refractivity contribution is 9.10. The second-order valence-corrected chi connectivity index (χ2v) is 10.6. The summed E-state index contributed by atoms with van der Waals surface area (Å²) in [6.07, 6.45) is 6.34. The number of ether oxygens (including phenoxy) is 2. The summed E-state index contributed by atoms with van der Waals surface area (Å²) >= 11 is 15.8. The summed E-state index contributed by atoms with van der Waals surface area (Å²) in [6, 6.07) is 9.00. The number of halogens is 3. The molecule has 8 heteroatoms. The number of hydrazone groups is 1. The van der Waals surface area contributed by atoms with E-state index in [9.17, 15) is 4.79 Å². The quantitative estimate of drug-likeness (QED) is 0.282. The first-order valence-electron chi connectivity index (χ1n) is 11.2. The number of hydrogen-bond donors (Lipinski definition) is 1. The van der Waals surface area contributed by atoms with Gasteiger partial charge in [-0.05, 0) is 76.9 Å². The van der Waals surface area contributed by atoms with Gasteiger partial charge in [-0.2, -0.15) is 5.10 Å². The summed E-state index contributed by atoms with van der Waals surface area (Å²) in [5.41, 5.74) is 4.49. The Bertz CT molecular complexity index is 1080. The van der Waals surface area contributed by atoms with Crippen LogP contribution >= 0.6 is 39.1 Å². The van der Waals surface area contributed by atoms with Crippen molar-refractivity contribution >= 4 is 51.3 Å². The number of benzene rings is 2. The smallest absolute Gasteiger partial charge is 0.244 e. The highest BCUT2D eigenvalue weighted by atomic mass is 79.9. The lowest BCUT2D eigenvalue weighted by Gasteiger charge is -2.15. The molecule has 1 amide bonds. The highest BCUT2D eigenvalue weighted by Crippen LogP contribution is 2.66. The molecule has 0 unspecified atom stereocenters. The molecule has 0 aliphatic heterocycles. The molecule has 2 aliphatic carbocycles. The van der Waals surface area contributed by atoms with E-state index in [4.69, 9.17) is 32.7 Å². The molecule has 0 spiro atoms. The Morgan fingerprint density at radius 3 is 2.79 bits per heavy atom. The van der Waals surface area contributed by atoms with Crippen molar-refractivity contribution in [1.82, 2.24) is 5.43 Å². The Hall–Kier alpha value is -1.76. The van der Waals surface area contributed by atoms with Crippen LogP contribution in [0.1, 0.15) is 50.7 Å². The van der Waals surface area contributed by atoms with Crippen molar-refractivity contribution in [1.29, 1.82) is 0 Å². The first kappa shape index (κ1) is 24.4. The standard InChI is InChI=1S/C25H27BrCl2N2O3/c1-3-32-21-11-15(13-29-30-24(31)22-18-6-4-5-9-25(18,22)2)10-19(26)23(21)33-14-16-7-8-17(27)12-20(16)28/h7-8,10-13,18,22H,3-6,9,14H2,1-2H3,(H,30,31)/b29-13+/t18-,22-,25+/m0/s1. The Balaban J connectivity index is 1.43. The van der Waals surface area contributed by atoms with Gasteiger partial charge in [0.15, 0.2) is 11.5 Å². The molecule has 0 aromatic heterocycles. The van der Waals surface area contributed by atoms with E-state index in [2.05, 4.69) is 33.4 Å². The zero-order valence-electron chi connectivity index (χ0n) is 18.7. The van der Waals surface area contributed by atoms with Crippen LogP contribution < -0.4 is 14.9 Å².